The predicted octanol–water partition coefficient (Wildman–Crippen LogP) is 10.1. The lowest BCUT2D eigenvalue weighted by Gasteiger charge is -2.19. The van der Waals surface area contributed by atoms with Crippen LogP contribution in [0.15, 0.2) is 170 Å². The number of benzene rings is 6. The molecule has 46 heavy (non-hydrogen) atoms. The molecule has 0 radical (unpaired) electrons. The van der Waals surface area contributed by atoms with Crippen LogP contribution in [0.5, 0.6) is 0 Å². The third kappa shape index (κ3) is 9.52. The predicted molar refractivity (Wildman–Crippen MR) is 190 cm³/mol. The molecule has 4 nitrogen and oxygen atoms in total. The minimum atomic E-state index is -1.28. The van der Waals surface area contributed by atoms with Crippen LogP contribution in [0.1, 0.15) is 22.3 Å². The van der Waals surface area contributed by atoms with Crippen LogP contribution in [-0.2, 0) is 44.5 Å². The molecule has 0 spiro atoms. The maximum atomic E-state index is 6.35. The van der Waals surface area contributed by atoms with Crippen molar-refractivity contribution in [3.05, 3.63) is 192 Å². The number of hydrogen-bond donors (Lipinski definition) is 0. The Kier molecular flexibility index (Phi) is 11.9. The fourth-order valence-corrected chi connectivity index (χ4v) is 7.35. The topological polar surface area (TPSA) is 36.9 Å². The van der Waals surface area contributed by atoms with Gasteiger partial charge in [0.25, 0.3) is 0 Å². The molecule has 0 amide bonds. The van der Waals surface area contributed by atoms with Crippen LogP contribution >= 0.6 is 16.8 Å². The summed E-state index contributed by atoms with van der Waals surface area (Å²) in [5, 5.41) is 2.07. The molecule has 0 heterocycles. The molecule has 6 rings (SSSR count). The second-order valence-electron chi connectivity index (χ2n) is 10.6. The first-order chi connectivity index (χ1) is 22.8. The van der Waals surface area contributed by atoms with Crippen LogP contribution in [-0.4, -0.2) is 0 Å². The summed E-state index contributed by atoms with van der Waals surface area (Å²) in [6.07, 6.45) is 0. The average Bonchev–Trinajstić information content (AvgIpc) is 3.14. The summed E-state index contributed by atoms with van der Waals surface area (Å²) >= 11 is 0. The highest BCUT2D eigenvalue weighted by molar-refractivity contribution is 7.56. The standard InChI is InChI=1S/C40H36O4P2/c1-5-13-33(14-6-1)29-41-45(42-30-34-15-7-2-8-16-34)39-25-21-37(22-26-39)38-23-27-40(28-24-38)46(43-31-35-17-9-3-10-18-35)44-32-36-19-11-4-12-20-36/h1-28H,29-32H2. The summed E-state index contributed by atoms with van der Waals surface area (Å²) in [5.41, 5.74) is 6.73. The molecular weight excluding hydrogens is 606 g/mol. The molecule has 0 aromatic heterocycles. The Morgan fingerprint density at radius 3 is 0.761 bits per heavy atom. The first-order valence-electron chi connectivity index (χ1n) is 15.3. The van der Waals surface area contributed by atoms with Gasteiger partial charge in [-0.3, -0.25) is 0 Å². The monoisotopic (exact) mass is 642 g/mol. The summed E-state index contributed by atoms with van der Waals surface area (Å²) in [4.78, 5) is 0. The van der Waals surface area contributed by atoms with Crippen LogP contribution in [0, 0.1) is 0 Å². The van der Waals surface area contributed by atoms with Crippen LogP contribution < -0.4 is 10.6 Å². The van der Waals surface area contributed by atoms with Crippen molar-refractivity contribution in [3.63, 3.8) is 0 Å². The van der Waals surface area contributed by atoms with Gasteiger partial charge in [-0.2, -0.15) is 0 Å². The second-order valence-corrected chi connectivity index (χ2v) is 13.7. The van der Waals surface area contributed by atoms with E-state index in [-0.39, 0.29) is 0 Å². The zero-order valence-corrected chi connectivity index (χ0v) is 27.3. The van der Waals surface area contributed by atoms with Gasteiger partial charge in [-0.15, -0.1) is 0 Å². The Balaban J connectivity index is 1.15. The van der Waals surface area contributed by atoms with Gasteiger partial charge < -0.3 is 18.1 Å². The van der Waals surface area contributed by atoms with Crippen LogP contribution in [0.2, 0.25) is 0 Å². The Labute approximate surface area is 274 Å². The molecule has 0 fully saturated rings. The Bertz CT molecular complexity index is 1500. The lowest BCUT2D eigenvalue weighted by molar-refractivity contribution is 0.242. The van der Waals surface area contributed by atoms with Crippen LogP contribution in [0.4, 0.5) is 0 Å². The molecule has 0 aliphatic heterocycles. The van der Waals surface area contributed by atoms with E-state index in [1.807, 2.05) is 72.8 Å². The zero-order chi connectivity index (χ0) is 31.2. The van der Waals surface area contributed by atoms with Crippen molar-refractivity contribution in [2.45, 2.75) is 26.4 Å². The van der Waals surface area contributed by atoms with E-state index in [1.165, 1.54) is 0 Å². The van der Waals surface area contributed by atoms with Crippen molar-refractivity contribution in [2.75, 3.05) is 0 Å². The molecule has 6 heteroatoms. The third-order valence-corrected chi connectivity index (χ3v) is 10.1. The van der Waals surface area contributed by atoms with Gasteiger partial charge in [-0.05, 0) is 57.6 Å². The molecule has 0 aliphatic carbocycles. The largest absolute Gasteiger partial charge is 0.326 e. The van der Waals surface area contributed by atoms with Crippen LogP contribution in [0.3, 0.4) is 0 Å². The molecule has 0 unspecified atom stereocenters. The number of hydrogen-bond acceptors (Lipinski definition) is 4. The van der Waals surface area contributed by atoms with Crippen molar-refractivity contribution in [1.29, 1.82) is 0 Å². The smallest absolute Gasteiger partial charge is 0.205 e. The minimum absolute atomic E-state index is 0.492. The maximum absolute atomic E-state index is 6.35. The lowest BCUT2D eigenvalue weighted by atomic mass is 10.1. The van der Waals surface area contributed by atoms with Crippen LogP contribution in [0.25, 0.3) is 11.1 Å². The molecule has 0 bridgehead atoms. The van der Waals surface area contributed by atoms with Gasteiger partial charge >= 0.3 is 0 Å². The Morgan fingerprint density at radius 2 is 0.522 bits per heavy atom. The summed E-state index contributed by atoms with van der Waals surface area (Å²) in [6.45, 7) is 1.97. The van der Waals surface area contributed by atoms with E-state index < -0.39 is 16.8 Å². The number of rotatable bonds is 15. The van der Waals surface area contributed by atoms with Crippen molar-refractivity contribution in [3.8, 4) is 11.1 Å². The summed E-state index contributed by atoms with van der Waals surface area (Å²) in [5.74, 6) is 0. The summed E-state index contributed by atoms with van der Waals surface area (Å²) in [7, 11) is -2.55. The van der Waals surface area contributed by atoms with E-state index in [1.54, 1.807) is 0 Å². The van der Waals surface area contributed by atoms with Crippen molar-refractivity contribution in [1.82, 2.24) is 0 Å². The van der Waals surface area contributed by atoms with E-state index in [2.05, 4.69) is 97.1 Å². The fourth-order valence-electron chi connectivity index (χ4n) is 4.75. The lowest BCUT2D eigenvalue weighted by Crippen LogP contribution is -2.07. The van der Waals surface area contributed by atoms with E-state index in [0.29, 0.717) is 26.4 Å². The normalized spacial score (nSPS) is 11.3. The highest BCUT2D eigenvalue weighted by atomic mass is 31.2. The van der Waals surface area contributed by atoms with Crippen molar-refractivity contribution in [2.24, 2.45) is 0 Å². The molecular formula is C40H36O4P2. The molecule has 0 saturated heterocycles. The fraction of sp³-hybridized carbons (Fsp3) is 0.100. The molecule has 230 valence electrons. The zero-order valence-electron chi connectivity index (χ0n) is 25.5. The van der Waals surface area contributed by atoms with Gasteiger partial charge in [-0.25, -0.2) is 0 Å². The SMILES string of the molecule is c1ccc(COP(OCc2ccccc2)c2ccc(-c3ccc(P(OCc4ccccc4)OCc4ccccc4)cc3)cc2)cc1. The van der Waals surface area contributed by atoms with Gasteiger partial charge in [-0.1, -0.05) is 146 Å². The highest BCUT2D eigenvalue weighted by Crippen LogP contribution is 2.41. The minimum Gasteiger partial charge on any atom is -0.326 e. The second kappa shape index (κ2) is 17.1. The van der Waals surface area contributed by atoms with Gasteiger partial charge in [0.2, 0.25) is 16.8 Å². The maximum Gasteiger partial charge on any atom is 0.205 e. The Hall–Kier alpha value is -3.98. The molecule has 0 N–H and O–H groups in total. The molecule has 6 aromatic rings. The quantitative estimate of drug-likeness (QED) is 0.105. The Morgan fingerprint density at radius 1 is 0.283 bits per heavy atom. The average molecular weight is 643 g/mol. The third-order valence-electron chi connectivity index (χ3n) is 7.25. The van der Waals surface area contributed by atoms with Gasteiger partial charge in [0.1, 0.15) is 0 Å². The molecule has 6 aromatic carbocycles. The van der Waals surface area contributed by atoms with E-state index >= 15 is 0 Å². The summed E-state index contributed by atoms with van der Waals surface area (Å²) < 4.78 is 25.4. The highest BCUT2D eigenvalue weighted by Gasteiger charge is 2.17. The van der Waals surface area contributed by atoms with Crippen molar-refractivity contribution < 1.29 is 18.1 Å². The first-order valence-corrected chi connectivity index (χ1v) is 17.6. The van der Waals surface area contributed by atoms with Gasteiger partial charge in [0, 0.05) is 10.6 Å². The summed E-state index contributed by atoms with van der Waals surface area (Å²) in [6, 6.07) is 57.9. The molecule has 0 saturated carbocycles. The van der Waals surface area contributed by atoms with Gasteiger partial charge in [0.15, 0.2) is 0 Å². The van der Waals surface area contributed by atoms with Gasteiger partial charge in [0.05, 0.1) is 26.4 Å². The van der Waals surface area contributed by atoms with Crippen molar-refractivity contribution >= 4 is 27.4 Å². The van der Waals surface area contributed by atoms with E-state index in [4.69, 9.17) is 18.1 Å². The molecule has 0 aliphatic rings. The first kappa shape index (κ1) is 32.0. The van der Waals surface area contributed by atoms with E-state index in [9.17, 15) is 0 Å². The molecule has 0 atom stereocenters. The van der Waals surface area contributed by atoms with E-state index in [0.717, 1.165) is 44.0 Å².